The number of ether oxygens (including phenoxy) is 3. The molecule has 0 spiro atoms. The third-order valence-electron chi connectivity index (χ3n) is 1.41. The molecule has 0 fully saturated rings. The smallest absolute Gasteiger partial charge is 0.337 e. The second-order valence-electron chi connectivity index (χ2n) is 2.64. The lowest BCUT2D eigenvalue weighted by atomic mass is 10.4. The molecule has 0 aromatic carbocycles. The van der Waals surface area contributed by atoms with Gasteiger partial charge in [-0.2, -0.15) is 0 Å². The van der Waals surface area contributed by atoms with Gasteiger partial charge >= 0.3 is 5.97 Å². The van der Waals surface area contributed by atoms with Crippen molar-refractivity contribution in [2.24, 2.45) is 0 Å². The van der Waals surface area contributed by atoms with Gasteiger partial charge in [-0.3, -0.25) is 0 Å². The van der Waals surface area contributed by atoms with Crippen LogP contribution in [0.15, 0.2) is 0 Å². The van der Waals surface area contributed by atoms with Crippen LogP contribution in [0.2, 0.25) is 0 Å². The number of hydrogen-bond acceptors (Lipinski definition) is 5. The van der Waals surface area contributed by atoms with Crippen molar-refractivity contribution >= 4 is 5.97 Å². The second kappa shape index (κ2) is 6.82. The van der Waals surface area contributed by atoms with E-state index < -0.39 is 12.1 Å². The Morgan fingerprint density at radius 1 is 1.38 bits per heavy atom. The van der Waals surface area contributed by atoms with Crippen LogP contribution in [-0.4, -0.2) is 50.7 Å². The Balaban J connectivity index is 3.56. The van der Waals surface area contributed by atoms with Gasteiger partial charge < -0.3 is 19.3 Å². The first-order chi connectivity index (χ1) is 6.11. The van der Waals surface area contributed by atoms with E-state index in [1.54, 1.807) is 14.0 Å². The highest BCUT2D eigenvalue weighted by Crippen LogP contribution is 1.95. The fourth-order valence-corrected chi connectivity index (χ4v) is 0.742. The Hall–Kier alpha value is -0.650. The molecule has 0 amide bonds. The van der Waals surface area contributed by atoms with Gasteiger partial charge in [-0.05, 0) is 6.92 Å². The van der Waals surface area contributed by atoms with Crippen LogP contribution in [-0.2, 0) is 19.0 Å². The van der Waals surface area contributed by atoms with E-state index in [1.165, 1.54) is 7.11 Å². The fraction of sp³-hybridized carbons (Fsp3) is 0.875. The van der Waals surface area contributed by atoms with Crippen LogP contribution in [0, 0.1) is 0 Å². The zero-order valence-electron chi connectivity index (χ0n) is 8.15. The lowest BCUT2D eigenvalue weighted by molar-refractivity contribution is -0.155. The van der Waals surface area contributed by atoms with Crippen molar-refractivity contribution in [3.63, 3.8) is 0 Å². The number of methoxy groups -OCH3 is 2. The maximum atomic E-state index is 10.7. The van der Waals surface area contributed by atoms with Crippen molar-refractivity contribution in [1.82, 2.24) is 0 Å². The fourth-order valence-electron chi connectivity index (χ4n) is 0.742. The standard InChI is InChI=1S/C8H16O5/c1-6(4-11-2)13-5-7(9)8(10)12-3/h6-7,9H,4-5H2,1-3H3/t6-,7+/m1/s1. The van der Waals surface area contributed by atoms with Crippen LogP contribution in [0.5, 0.6) is 0 Å². The first-order valence-electron chi connectivity index (χ1n) is 3.98. The number of aliphatic hydroxyl groups excluding tert-OH is 1. The van der Waals surface area contributed by atoms with Crippen LogP contribution in [0.4, 0.5) is 0 Å². The predicted molar refractivity (Wildman–Crippen MR) is 45.3 cm³/mol. The summed E-state index contributed by atoms with van der Waals surface area (Å²) in [5.41, 5.74) is 0. The van der Waals surface area contributed by atoms with E-state index in [9.17, 15) is 4.79 Å². The summed E-state index contributed by atoms with van der Waals surface area (Å²) in [5.74, 6) is -0.690. The molecule has 0 unspecified atom stereocenters. The SMILES string of the molecule is COC[C@@H](C)OC[C@H](O)C(=O)OC. The quantitative estimate of drug-likeness (QED) is 0.578. The molecule has 0 aliphatic rings. The average Bonchev–Trinajstić information content (AvgIpc) is 2.13. The first kappa shape index (κ1) is 12.3. The minimum Gasteiger partial charge on any atom is -0.467 e. The van der Waals surface area contributed by atoms with Gasteiger partial charge in [-0.1, -0.05) is 0 Å². The second-order valence-corrected chi connectivity index (χ2v) is 2.64. The zero-order chi connectivity index (χ0) is 10.3. The van der Waals surface area contributed by atoms with E-state index in [2.05, 4.69) is 4.74 Å². The molecular formula is C8H16O5. The molecule has 0 saturated heterocycles. The van der Waals surface area contributed by atoms with E-state index in [-0.39, 0.29) is 12.7 Å². The summed E-state index contributed by atoms with van der Waals surface area (Å²) in [7, 11) is 2.76. The molecule has 0 aliphatic heterocycles. The highest BCUT2D eigenvalue weighted by Gasteiger charge is 2.16. The van der Waals surface area contributed by atoms with Crippen molar-refractivity contribution in [3.05, 3.63) is 0 Å². The Kier molecular flexibility index (Phi) is 6.48. The summed E-state index contributed by atoms with van der Waals surface area (Å²) in [6.45, 7) is 2.14. The number of rotatable bonds is 6. The average molecular weight is 192 g/mol. The normalized spacial score (nSPS) is 15.1. The molecule has 0 radical (unpaired) electrons. The molecule has 0 rings (SSSR count). The molecule has 0 aliphatic carbocycles. The van der Waals surface area contributed by atoms with Crippen LogP contribution < -0.4 is 0 Å². The molecule has 78 valence electrons. The third-order valence-corrected chi connectivity index (χ3v) is 1.41. The minimum atomic E-state index is -1.22. The van der Waals surface area contributed by atoms with E-state index in [0.29, 0.717) is 6.61 Å². The van der Waals surface area contributed by atoms with E-state index >= 15 is 0 Å². The number of hydrogen-bond donors (Lipinski definition) is 1. The third kappa shape index (κ3) is 5.57. The summed E-state index contributed by atoms with van der Waals surface area (Å²) in [6, 6.07) is 0. The number of carbonyl (C=O) groups excluding carboxylic acids is 1. The molecule has 2 atom stereocenters. The van der Waals surface area contributed by atoms with Crippen molar-refractivity contribution in [1.29, 1.82) is 0 Å². The molecule has 5 heteroatoms. The van der Waals surface area contributed by atoms with Gasteiger partial charge in [0.05, 0.1) is 26.4 Å². The van der Waals surface area contributed by atoms with E-state index in [4.69, 9.17) is 14.6 Å². The Bertz CT molecular complexity index is 147. The van der Waals surface area contributed by atoms with Crippen LogP contribution in [0.25, 0.3) is 0 Å². The summed E-state index contributed by atoms with van der Waals surface area (Å²) >= 11 is 0. The monoisotopic (exact) mass is 192 g/mol. The van der Waals surface area contributed by atoms with Gasteiger partial charge in [-0.25, -0.2) is 4.79 Å². The maximum Gasteiger partial charge on any atom is 0.337 e. The largest absolute Gasteiger partial charge is 0.467 e. The van der Waals surface area contributed by atoms with Crippen molar-refractivity contribution in [2.75, 3.05) is 27.4 Å². The van der Waals surface area contributed by atoms with Crippen molar-refractivity contribution in [3.8, 4) is 0 Å². The first-order valence-corrected chi connectivity index (χ1v) is 3.98. The van der Waals surface area contributed by atoms with Gasteiger partial charge in [0.15, 0.2) is 6.10 Å². The molecule has 13 heavy (non-hydrogen) atoms. The number of carbonyl (C=O) groups is 1. The lowest BCUT2D eigenvalue weighted by Gasteiger charge is -2.14. The lowest BCUT2D eigenvalue weighted by Crippen LogP contribution is -2.30. The van der Waals surface area contributed by atoms with Crippen LogP contribution in [0.3, 0.4) is 0 Å². The topological polar surface area (TPSA) is 65.0 Å². The van der Waals surface area contributed by atoms with Gasteiger partial charge in [0.25, 0.3) is 0 Å². The zero-order valence-corrected chi connectivity index (χ0v) is 8.15. The predicted octanol–water partition coefficient (Wildman–Crippen LogP) is -0.428. The molecule has 5 nitrogen and oxygen atoms in total. The Morgan fingerprint density at radius 3 is 2.46 bits per heavy atom. The van der Waals surface area contributed by atoms with Crippen molar-refractivity contribution < 1.29 is 24.1 Å². The summed E-state index contributed by atoms with van der Waals surface area (Å²) in [5, 5.41) is 9.09. The van der Waals surface area contributed by atoms with E-state index in [1.807, 2.05) is 0 Å². The summed E-state index contributed by atoms with van der Waals surface area (Å²) < 4.78 is 14.2. The van der Waals surface area contributed by atoms with Crippen LogP contribution in [0.1, 0.15) is 6.92 Å². The van der Waals surface area contributed by atoms with Gasteiger partial charge in [-0.15, -0.1) is 0 Å². The maximum absolute atomic E-state index is 10.7. The molecular weight excluding hydrogens is 176 g/mol. The molecule has 0 aromatic rings. The molecule has 0 heterocycles. The van der Waals surface area contributed by atoms with Gasteiger partial charge in [0.2, 0.25) is 0 Å². The van der Waals surface area contributed by atoms with Crippen LogP contribution >= 0.6 is 0 Å². The molecule has 0 bridgehead atoms. The minimum absolute atomic E-state index is 0.0722. The Labute approximate surface area is 77.6 Å². The van der Waals surface area contributed by atoms with Crippen molar-refractivity contribution in [2.45, 2.75) is 19.1 Å². The molecule has 1 N–H and O–H groups in total. The highest BCUT2D eigenvalue weighted by atomic mass is 16.6. The highest BCUT2D eigenvalue weighted by molar-refractivity contribution is 5.74. The summed E-state index contributed by atoms with van der Waals surface area (Å²) in [6.07, 6.45) is -1.37. The van der Waals surface area contributed by atoms with E-state index in [0.717, 1.165) is 0 Å². The Morgan fingerprint density at radius 2 is 2.00 bits per heavy atom. The van der Waals surface area contributed by atoms with Gasteiger partial charge in [0.1, 0.15) is 0 Å². The number of esters is 1. The number of aliphatic hydroxyl groups is 1. The molecule has 0 aromatic heterocycles. The summed E-state index contributed by atoms with van der Waals surface area (Å²) in [4.78, 5) is 10.7. The molecule has 0 saturated carbocycles. The van der Waals surface area contributed by atoms with Gasteiger partial charge in [0, 0.05) is 7.11 Å².